The van der Waals surface area contributed by atoms with E-state index < -0.39 is 0 Å². The second kappa shape index (κ2) is 16.2. The number of carbonyl (C=O) groups excluding carboxylic acids is 1. The maximum Gasteiger partial charge on any atom is 0.328 e. The molecule has 13 heteroatoms. The third-order valence-electron chi connectivity index (χ3n) is 7.53. The number of imidazole rings is 1. The molecule has 4 rings (SSSR count). The van der Waals surface area contributed by atoms with Gasteiger partial charge >= 0.3 is 11.7 Å². The van der Waals surface area contributed by atoms with Gasteiger partial charge in [0.15, 0.2) is 11.5 Å². The van der Waals surface area contributed by atoms with E-state index in [0.717, 1.165) is 57.3 Å². The second-order valence-corrected chi connectivity index (χ2v) is 10.7. The van der Waals surface area contributed by atoms with Gasteiger partial charge in [0.1, 0.15) is 5.52 Å². The monoisotopic (exact) mass is 584 g/mol. The maximum absolute atomic E-state index is 12.7. The van der Waals surface area contributed by atoms with E-state index in [4.69, 9.17) is 21.1 Å². The zero-order chi connectivity index (χ0) is 29.7. The second-order valence-electron chi connectivity index (χ2n) is 10.7. The average Bonchev–Trinajstić information content (AvgIpc) is 3.30. The maximum atomic E-state index is 12.7. The summed E-state index contributed by atoms with van der Waals surface area (Å²) in [7, 11) is 0. The summed E-state index contributed by atoms with van der Waals surface area (Å²) in [6, 6.07) is 8.52. The van der Waals surface area contributed by atoms with Gasteiger partial charge in [-0.15, -0.1) is 0 Å². The number of rotatable bonds is 17. The van der Waals surface area contributed by atoms with Crippen LogP contribution >= 0.6 is 0 Å². The number of nitrogens with one attached hydrogen (secondary N) is 2. The van der Waals surface area contributed by atoms with Crippen LogP contribution in [0.1, 0.15) is 56.6 Å². The number of hydrogen-bond donors (Lipinski definition) is 4. The summed E-state index contributed by atoms with van der Waals surface area (Å²) in [6.45, 7) is 7.67. The summed E-state index contributed by atoms with van der Waals surface area (Å²) in [5.74, 6) is 5.76. The van der Waals surface area contributed by atoms with Crippen LogP contribution in [0.3, 0.4) is 0 Å². The van der Waals surface area contributed by atoms with Crippen molar-refractivity contribution in [1.82, 2.24) is 29.7 Å². The lowest BCUT2D eigenvalue weighted by atomic mass is 9.93. The molecule has 13 nitrogen and oxygen atoms in total. The topological polar surface area (TPSA) is 176 Å². The lowest BCUT2D eigenvalue weighted by Gasteiger charge is -2.32. The molecule has 3 aromatic rings. The molecule has 2 aromatic heterocycles. The van der Waals surface area contributed by atoms with Crippen molar-refractivity contribution < 1.29 is 19.1 Å². The molecule has 1 fully saturated rings. The molecule has 0 spiro atoms. The molecule has 6 N–H and O–H groups in total. The van der Waals surface area contributed by atoms with Crippen molar-refractivity contribution in [3.8, 4) is 6.01 Å². The Morgan fingerprint density at radius 1 is 1.07 bits per heavy atom. The predicted molar refractivity (Wildman–Crippen MR) is 160 cm³/mol. The first-order valence-corrected chi connectivity index (χ1v) is 14.8. The van der Waals surface area contributed by atoms with Crippen LogP contribution in [-0.2, 0) is 27.5 Å². The smallest absolute Gasteiger partial charge is 0.328 e. The van der Waals surface area contributed by atoms with Gasteiger partial charge in [-0.2, -0.15) is 9.97 Å². The number of carbonyl (C=O) groups is 1. The number of anilines is 1. The quantitative estimate of drug-likeness (QED) is 0.135. The molecule has 1 amide bonds. The Labute approximate surface area is 245 Å². The minimum Gasteiger partial charge on any atom is -0.463 e. The Hall–Kier alpha value is -3.52. The molecule has 0 bridgehead atoms. The molecule has 1 saturated heterocycles. The predicted octanol–water partition coefficient (Wildman–Crippen LogP) is 1.94. The van der Waals surface area contributed by atoms with E-state index in [0.29, 0.717) is 63.0 Å². The van der Waals surface area contributed by atoms with Crippen LogP contribution in [0, 0.1) is 5.92 Å². The van der Waals surface area contributed by atoms with Crippen molar-refractivity contribution in [3.05, 3.63) is 45.9 Å². The van der Waals surface area contributed by atoms with Crippen LogP contribution in [0.2, 0.25) is 0 Å². The van der Waals surface area contributed by atoms with E-state index in [2.05, 4.69) is 61.2 Å². The van der Waals surface area contributed by atoms with Crippen LogP contribution in [-0.4, -0.2) is 76.4 Å². The van der Waals surface area contributed by atoms with Crippen molar-refractivity contribution in [2.75, 3.05) is 51.8 Å². The molecule has 1 aromatic carbocycles. The number of ether oxygens (including phenoxy) is 2. The number of fused-ring (bicyclic) bond motifs is 1. The third-order valence-corrected chi connectivity index (χ3v) is 7.53. The lowest BCUT2D eigenvalue weighted by molar-refractivity contribution is -0.122. The Kier molecular flexibility index (Phi) is 12.1. The van der Waals surface area contributed by atoms with Crippen LogP contribution in [0.15, 0.2) is 29.1 Å². The number of aromatic amines is 1. The fraction of sp³-hybridized carbons (Fsp3) is 0.586. The van der Waals surface area contributed by atoms with Crippen LogP contribution < -0.4 is 27.4 Å². The lowest BCUT2D eigenvalue weighted by Crippen LogP contribution is -2.35. The largest absolute Gasteiger partial charge is 0.463 e. The van der Waals surface area contributed by atoms with Gasteiger partial charge in [0.25, 0.3) is 0 Å². The molecule has 0 radical (unpaired) electrons. The average molecular weight is 585 g/mol. The van der Waals surface area contributed by atoms with Crippen molar-refractivity contribution in [2.24, 2.45) is 11.8 Å². The zero-order valence-electron chi connectivity index (χ0n) is 24.5. The molecule has 1 aliphatic rings. The number of unbranched alkanes of at least 4 members (excludes halogenated alkanes) is 1. The molecule has 42 heavy (non-hydrogen) atoms. The number of nitrogens with zero attached hydrogens (tertiary/aromatic N) is 4. The van der Waals surface area contributed by atoms with Crippen molar-refractivity contribution in [2.45, 2.75) is 58.5 Å². The van der Waals surface area contributed by atoms with Crippen molar-refractivity contribution in [3.63, 3.8) is 0 Å². The summed E-state index contributed by atoms with van der Waals surface area (Å²) in [5, 5.41) is 2.99. The molecule has 230 valence electrons. The number of aromatic nitrogens is 4. The number of nitrogens with two attached hydrogens (primary N) is 2. The Morgan fingerprint density at radius 2 is 1.81 bits per heavy atom. The molecule has 0 atom stereocenters. The fourth-order valence-corrected chi connectivity index (χ4v) is 5.05. The zero-order valence-corrected chi connectivity index (χ0v) is 24.5. The number of amides is 1. The molecule has 1 aliphatic heterocycles. The highest BCUT2D eigenvalue weighted by molar-refractivity contribution is 5.82. The van der Waals surface area contributed by atoms with Gasteiger partial charge in [0, 0.05) is 19.5 Å². The minimum absolute atomic E-state index is 0.0118. The highest BCUT2D eigenvalue weighted by atomic mass is 16.6. The van der Waals surface area contributed by atoms with E-state index in [9.17, 15) is 9.59 Å². The first-order valence-electron chi connectivity index (χ1n) is 14.8. The minimum atomic E-state index is -0.286. The van der Waals surface area contributed by atoms with E-state index in [-0.39, 0.29) is 23.4 Å². The Bertz CT molecular complexity index is 1320. The summed E-state index contributed by atoms with van der Waals surface area (Å²) < 4.78 is 12.5. The highest BCUT2D eigenvalue weighted by Crippen LogP contribution is 2.22. The van der Waals surface area contributed by atoms with Gasteiger partial charge in [-0.3, -0.25) is 14.3 Å². The summed E-state index contributed by atoms with van der Waals surface area (Å²) in [6.07, 6.45) is 5.46. The normalized spacial score (nSPS) is 14.4. The molecule has 3 heterocycles. The third kappa shape index (κ3) is 9.24. The van der Waals surface area contributed by atoms with Crippen LogP contribution in [0.5, 0.6) is 6.01 Å². The molecule has 0 aliphatic carbocycles. The first-order chi connectivity index (χ1) is 20.5. The van der Waals surface area contributed by atoms with Crippen molar-refractivity contribution >= 4 is 22.9 Å². The van der Waals surface area contributed by atoms with E-state index in [1.807, 2.05) is 0 Å². The van der Waals surface area contributed by atoms with Gasteiger partial charge in [0.05, 0.1) is 33.0 Å². The number of nitrogen functional groups attached to an aromatic ring is 1. The van der Waals surface area contributed by atoms with E-state index in [1.165, 1.54) is 5.56 Å². The summed E-state index contributed by atoms with van der Waals surface area (Å²) in [5.41, 5.74) is 8.87. The van der Waals surface area contributed by atoms with Gasteiger partial charge in [-0.05, 0) is 55.8 Å². The summed E-state index contributed by atoms with van der Waals surface area (Å²) in [4.78, 5) is 42.9. The first kappa shape index (κ1) is 31.4. The fourth-order valence-electron chi connectivity index (χ4n) is 5.05. The SMILES string of the molecule is CCCCOc1nc(N)c2[nH]c(=O)n(Cc3ccc(CN4CCC(CCNC(=O)CCOCCON)CC4)cc3)c2n1. The highest BCUT2D eigenvalue weighted by Gasteiger charge is 2.20. The van der Waals surface area contributed by atoms with Gasteiger partial charge < -0.3 is 30.3 Å². The number of hydrogen-bond acceptors (Lipinski definition) is 10. The molecular formula is C29H44N8O5. The number of likely N-dealkylation sites (tertiary alicyclic amines) is 1. The van der Waals surface area contributed by atoms with Gasteiger partial charge in [0.2, 0.25) is 5.91 Å². The van der Waals surface area contributed by atoms with Gasteiger partial charge in [-0.25, -0.2) is 10.7 Å². The summed E-state index contributed by atoms with van der Waals surface area (Å²) >= 11 is 0. The molecule has 0 saturated carbocycles. The number of H-pyrrole nitrogens is 1. The standard InChI is InChI=1S/C29H44N8O5/c1-2-3-15-41-28-34-26(30)25-27(35-28)37(29(39)33-25)20-23-6-4-22(5-7-23)19-36-13-9-21(10-14-36)8-12-32-24(38)11-16-40-17-18-42-31/h4-7,21H,2-3,8-20,31H2,1H3,(H,32,38)(H,33,39)(H2,30,34,35). The Morgan fingerprint density at radius 3 is 2.52 bits per heavy atom. The Balaban J connectivity index is 1.21. The van der Waals surface area contributed by atoms with Crippen LogP contribution in [0.25, 0.3) is 11.2 Å². The van der Waals surface area contributed by atoms with Crippen molar-refractivity contribution in [1.29, 1.82) is 0 Å². The van der Waals surface area contributed by atoms with E-state index >= 15 is 0 Å². The number of piperidine rings is 1. The molecular weight excluding hydrogens is 540 g/mol. The number of benzene rings is 1. The van der Waals surface area contributed by atoms with E-state index in [1.54, 1.807) is 4.57 Å². The van der Waals surface area contributed by atoms with Gasteiger partial charge in [-0.1, -0.05) is 37.6 Å². The van der Waals surface area contributed by atoms with Crippen LogP contribution in [0.4, 0.5) is 5.82 Å². The molecule has 0 unspecified atom stereocenters.